The Morgan fingerprint density at radius 2 is 1.37 bits per heavy atom. The van der Waals surface area contributed by atoms with Gasteiger partial charge in [0.1, 0.15) is 0 Å². The predicted molar refractivity (Wildman–Crippen MR) is 83.1 cm³/mol. The molecule has 0 aliphatic rings. The molecular weight excluding hydrogens is 249 g/mol. The summed E-state index contributed by atoms with van der Waals surface area (Å²) < 4.78 is 0. The van der Waals surface area contributed by atoms with Crippen LogP contribution in [-0.2, 0) is 11.6 Å². The van der Waals surface area contributed by atoms with Crippen LogP contribution in [0.15, 0.2) is 48.5 Å². The molecule has 0 aromatic heterocycles. The topological polar surface area (TPSA) is 23.9 Å². The van der Waals surface area contributed by atoms with Crippen molar-refractivity contribution in [2.24, 2.45) is 0 Å². The normalized spacial score (nSPS) is 11.7. The SMILES string of the molecule is Cc1ccc(C(C)(C)c2ccc(CP=N)cc2)cc1. The zero-order chi connectivity index (χ0) is 13.9. The Morgan fingerprint density at radius 3 is 1.84 bits per heavy atom. The quantitative estimate of drug-likeness (QED) is 0.706. The van der Waals surface area contributed by atoms with Crippen LogP contribution in [-0.4, -0.2) is 0 Å². The average molecular weight is 269 g/mol. The van der Waals surface area contributed by atoms with Gasteiger partial charge in [0, 0.05) is 19.9 Å². The van der Waals surface area contributed by atoms with E-state index in [1.54, 1.807) is 0 Å². The minimum absolute atomic E-state index is 0.0188. The van der Waals surface area contributed by atoms with Crippen molar-refractivity contribution in [2.75, 3.05) is 0 Å². The number of benzene rings is 2. The van der Waals surface area contributed by atoms with Gasteiger partial charge in [-0.25, -0.2) is 0 Å². The van der Waals surface area contributed by atoms with Crippen molar-refractivity contribution in [3.8, 4) is 0 Å². The van der Waals surface area contributed by atoms with Crippen molar-refractivity contribution >= 4 is 8.37 Å². The maximum atomic E-state index is 7.24. The lowest BCUT2D eigenvalue weighted by atomic mass is 9.78. The van der Waals surface area contributed by atoms with E-state index in [0.717, 1.165) is 6.16 Å². The molecule has 1 nitrogen and oxygen atoms in total. The summed E-state index contributed by atoms with van der Waals surface area (Å²) in [5.74, 6) is 0. The first-order chi connectivity index (χ1) is 9.04. The zero-order valence-electron chi connectivity index (χ0n) is 11.8. The van der Waals surface area contributed by atoms with Gasteiger partial charge in [-0.1, -0.05) is 67.9 Å². The van der Waals surface area contributed by atoms with Crippen LogP contribution >= 0.6 is 8.37 Å². The molecule has 19 heavy (non-hydrogen) atoms. The standard InChI is InChI=1S/C17H20NP/c1-13-4-8-15(9-5-13)17(2,3)16-10-6-14(7-11-16)12-19-18/h4-11,18H,12H2,1-3H3. The molecule has 2 rings (SSSR count). The molecule has 0 amide bonds. The van der Waals surface area contributed by atoms with Gasteiger partial charge in [0.2, 0.25) is 0 Å². The van der Waals surface area contributed by atoms with Gasteiger partial charge in [0.25, 0.3) is 0 Å². The summed E-state index contributed by atoms with van der Waals surface area (Å²) in [5.41, 5.74) is 5.21. The summed E-state index contributed by atoms with van der Waals surface area (Å²) in [6, 6.07) is 17.5. The summed E-state index contributed by atoms with van der Waals surface area (Å²) in [6.07, 6.45) is 0.811. The fraction of sp³-hybridized carbons (Fsp3) is 0.294. The average Bonchev–Trinajstić information content (AvgIpc) is 2.40. The second-order valence-electron chi connectivity index (χ2n) is 5.50. The van der Waals surface area contributed by atoms with Gasteiger partial charge >= 0.3 is 0 Å². The molecule has 2 aromatic rings. The molecule has 2 heteroatoms. The number of aryl methyl sites for hydroxylation is 1. The largest absolute Gasteiger partial charge is 0.284 e. The number of nitrogens with one attached hydrogen (secondary N) is 1. The lowest BCUT2D eigenvalue weighted by molar-refractivity contribution is 0.640. The Hall–Kier alpha value is -1.46. The molecule has 2 aromatic carbocycles. The first kappa shape index (κ1) is 14.0. The second kappa shape index (κ2) is 5.67. The van der Waals surface area contributed by atoms with E-state index in [4.69, 9.17) is 5.16 Å². The molecule has 0 heterocycles. The highest BCUT2D eigenvalue weighted by atomic mass is 31.1. The highest BCUT2D eigenvalue weighted by Gasteiger charge is 2.22. The van der Waals surface area contributed by atoms with Crippen molar-refractivity contribution in [1.29, 1.82) is 5.16 Å². The third-order valence-electron chi connectivity index (χ3n) is 3.71. The molecule has 0 aliphatic carbocycles. The van der Waals surface area contributed by atoms with Gasteiger partial charge in [0.05, 0.1) is 0 Å². The van der Waals surface area contributed by atoms with Crippen LogP contribution in [0.1, 0.15) is 36.1 Å². The first-order valence-electron chi connectivity index (χ1n) is 6.54. The molecule has 0 radical (unpaired) electrons. The van der Waals surface area contributed by atoms with Crippen molar-refractivity contribution in [3.63, 3.8) is 0 Å². The van der Waals surface area contributed by atoms with Gasteiger partial charge in [-0.15, -0.1) is 0 Å². The maximum absolute atomic E-state index is 7.24. The van der Waals surface area contributed by atoms with E-state index in [2.05, 4.69) is 69.3 Å². The van der Waals surface area contributed by atoms with E-state index in [9.17, 15) is 0 Å². The second-order valence-corrected chi connectivity index (χ2v) is 6.14. The van der Waals surface area contributed by atoms with E-state index in [-0.39, 0.29) is 5.41 Å². The fourth-order valence-electron chi connectivity index (χ4n) is 2.26. The molecule has 0 atom stereocenters. The maximum Gasteiger partial charge on any atom is 0.0317 e. The first-order valence-corrected chi connectivity index (χ1v) is 7.62. The highest BCUT2D eigenvalue weighted by Crippen LogP contribution is 2.31. The number of hydrogen-bond acceptors (Lipinski definition) is 1. The van der Waals surface area contributed by atoms with E-state index in [1.165, 1.54) is 22.3 Å². The Balaban J connectivity index is 2.32. The van der Waals surface area contributed by atoms with Crippen molar-refractivity contribution < 1.29 is 0 Å². The molecule has 0 aliphatic heterocycles. The van der Waals surface area contributed by atoms with Gasteiger partial charge in [0.15, 0.2) is 0 Å². The van der Waals surface area contributed by atoms with Crippen LogP contribution in [0.3, 0.4) is 0 Å². The Labute approximate surface area is 117 Å². The molecule has 0 spiro atoms. The lowest BCUT2D eigenvalue weighted by Crippen LogP contribution is -2.18. The van der Waals surface area contributed by atoms with Crippen molar-refractivity contribution in [1.82, 2.24) is 0 Å². The molecule has 1 N–H and O–H groups in total. The lowest BCUT2D eigenvalue weighted by Gasteiger charge is -2.26. The van der Waals surface area contributed by atoms with Crippen LogP contribution in [0.5, 0.6) is 0 Å². The van der Waals surface area contributed by atoms with Crippen LogP contribution < -0.4 is 0 Å². The van der Waals surface area contributed by atoms with Crippen molar-refractivity contribution in [3.05, 3.63) is 70.8 Å². The summed E-state index contributed by atoms with van der Waals surface area (Å²) in [4.78, 5) is 0. The molecule has 0 saturated carbocycles. The minimum Gasteiger partial charge on any atom is -0.284 e. The smallest absolute Gasteiger partial charge is 0.0317 e. The van der Waals surface area contributed by atoms with Gasteiger partial charge < -0.3 is 0 Å². The Morgan fingerprint density at radius 1 is 0.895 bits per heavy atom. The van der Waals surface area contributed by atoms with Crippen molar-refractivity contribution in [2.45, 2.75) is 32.3 Å². The van der Waals surface area contributed by atoms with E-state index < -0.39 is 0 Å². The highest BCUT2D eigenvalue weighted by molar-refractivity contribution is 7.24. The van der Waals surface area contributed by atoms with Crippen LogP contribution in [0.25, 0.3) is 0 Å². The van der Waals surface area contributed by atoms with Gasteiger partial charge in [-0.05, 0) is 23.6 Å². The Kier molecular flexibility index (Phi) is 4.17. The zero-order valence-corrected chi connectivity index (χ0v) is 12.7. The van der Waals surface area contributed by atoms with E-state index >= 15 is 0 Å². The molecule has 0 saturated heterocycles. The predicted octanol–water partition coefficient (Wildman–Crippen LogP) is 5.53. The van der Waals surface area contributed by atoms with Gasteiger partial charge in [-0.2, -0.15) is 0 Å². The number of hydrogen-bond donors (Lipinski definition) is 1. The van der Waals surface area contributed by atoms with Gasteiger partial charge in [-0.3, -0.25) is 5.16 Å². The summed E-state index contributed by atoms with van der Waals surface area (Å²) in [7, 11) is 0.678. The molecule has 0 unspecified atom stereocenters. The molecular formula is C17H20NP. The van der Waals surface area contributed by atoms with E-state index in [0.29, 0.717) is 8.37 Å². The summed E-state index contributed by atoms with van der Waals surface area (Å²) in [5, 5.41) is 7.24. The van der Waals surface area contributed by atoms with E-state index in [1.807, 2.05) is 0 Å². The fourth-order valence-corrected chi connectivity index (χ4v) is 2.65. The Bertz CT molecular complexity index is 553. The summed E-state index contributed by atoms with van der Waals surface area (Å²) >= 11 is 0. The monoisotopic (exact) mass is 269 g/mol. The molecule has 0 fully saturated rings. The van der Waals surface area contributed by atoms with Crippen LogP contribution in [0.4, 0.5) is 0 Å². The third kappa shape index (κ3) is 3.11. The molecule has 0 bridgehead atoms. The summed E-state index contributed by atoms with van der Waals surface area (Å²) in [6.45, 7) is 6.64. The third-order valence-corrected chi connectivity index (χ3v) is 4.23. The minimum atomic E-state index is 0.0188. The van der Waals surface area contributed by atoms with Crippen LogP contribution in [0.2, 0.25) is 0 Å². The number of rotatable bonds is 4. The molecule has 98 valence electrons. The van der Waals surface area contributed by atoms with Crippen LogP contribution in [0, 0.1) is 12.1 Å².